The molecule has 0 aromatic carbocycles. The van der Waals surface area contributed by atoms with Gasteiger partial charge in [-0.2, -0.15) is 11.3 Å². The second-order valence-electron chi connectivity index (χ2n) is 2.12. The summed E-state index contributed by atoms with van der Waals surface area (Å²) >= 11 is 7.06. The standard InChI is InChI=1S/C8H10ClNS/c9-3-1-4-10-6-8-2-5-11-7-8/h1-3,5,7,10H,4,6H2/b3-1+. The smallest absolute Gasteiger partial charge is 0.0216 e. The molecule has 1 nitrogen and oxygen atoms in total. The highest BCUT2D eigenvalue weighted by Crippen LogP contribution is 2.04. The van der Waals surface area contributed by atoms with E-state index in [1.54, 1.807) is 11.3 Å². The van der Waals surface area contributed by atoms with Crippen molar-refractivity contribution in [2.45, 2.75) is 6.54 Å². The lowest BCUT2D eigenvalue weighted by molar-refractivity contribution is 0.762. The van der Waals surface area contributed by atoms with E-state index in [1.165, 1.54) is 11.1 Å². The van der Waals surface area contributed by atoms with Crippen LogP contribution in [0.2, 0.25) is 0 Å². The normalized spacial score (nSPS) is 11.0. The van der Waals surface area contributed by atoms with Crippen molar-refractivity contribution in [2.75, 3.05) is 6.54 Å². The van der Waals surface area contributed by atoms with Gasteiger partial charge in [0.25, 0.3) is 0 Å². The molecule has 0 saturated carbocycles. The average molecular weight is 188 g/mol. The van der Waals surface area contributed by atoms with E-state index in [1.807, 2.05) is 6.08 Å². The molecule has 0 spiro atoms. The van der Waals surface area contributed by atoms with Crippen LogP contribution in [-0.2, 0) is 6.54 Å². The summed E-state index contributed by atoms with van der Waals surface area (Å²) in [5.74, 6) is 0. The Labute approximate surface area is 75.7 Å². The molecule has 0 bridgehead atoms. The molecule has 0 saturated heterocycles. The second kappa shape index (κ2) is 5.35. The maximum Gasteiger partial charge on any atom is 0.0216 e. The van der Waals surface area contributed by atoms with E-state index in [0.29, 0.717) is 0 Å². The molecule has 11 heavy (non-hydrogen) atoms. The van der Waals surface area contributed by atoms with E-state index in [9.17, 15) is 0 Å². The summed E-state index contributed by atoms with van der Waals surface area (Å²) in [6.45, 7) is 1.75. The summed E-state index contributed by atoms with van der Waals surface area (Å²) < 4.78 is 0. The molecule has 0 amide bonds. The van der Waals surface area contributed by atoms with E-state index in [4.69, 9.17) is 11.6 Å². The summed E-state index contributed by atoms with van der Waals surface area (Å²) in [7, 11) is 0. The monoisotopic (exact) mass is 187 g/mol. The zero-order valence-corrected chi connectivity index (χ0v) is 7.66. The molecule has 0 radical (unpaired) electrons. The first kappa shape index (κ1) is 8.78. The van der Waals surface area contributed by atoms with Gasteiger partial charge >= 0.3 is 0 Å². The molecule has 0 atom stereocenters. The lowest BCUT2D eigenvalue weighted by atomic mass is 10.3. The molecule has 0 unspecified atom stereocenters. The van der Waals surface area contributed by atoms with Crippen LogP contribution >= 0.6 is 22.9 Å². The predicted octanol–water partition coefficient (Wildman–Crippen LogP) is 2.59. The first-order valence-electron chi connectivity index (χ1n) is 3.40. The van der Waals surface area contributed by atoms with Crippen molar-refractivity contribution in [1.82, 2.24) is 5.32 Å². The summed E-state index contributed by atoms with van der Waals surface area (Å²) in [6, 6.07) is 2.11. The molecule has 1 N–H and O–H groups in total. The third kappa shape index (κ3) is 3.56. The van der Waals surface area contributed by atoms with E-state index in [-0.39, 0.29) is 0 Å². The van der Waals surface area contributed by atoms with Gasteiger partial charge in [-0.3, -0.25) is 0 Å². The van der Waals surface area contributed by atoms with Crippen molar-refractivity contribution < 1.29 is 0 Å². The van der Waals surface area contributed by atoms with Gasteiger partial charge in [-0.15, -0.1) is 0 Å². The van der Waals surface area contributed by atoms with Gasteiger partial charge in [-0.05, 0) is 22.4 Å². The van der Waals surface area contributed by atoms with Crippen LogP contribution in [0.25, 0.3) is 0 Å². The van der Waals surface area contributed by atoms with Crippen molar-refractivity contribution in [3.63, 3.8) is 0 Å². The van der Waals surface area contributed by atoms with Gasteiger partial charge in [0.1, 0.15) is 0 Å². The number of rotatable bonds is 4. The SMILES string of the molecule is Cl/C=C/CNCc1ccsc1. The fourth-order valence-corrected chi connectivity index (χ4v) is 1.50. The van der Waals surface area contributed by atoms with Gasteiger partial charge in [0.2, 0.25) is 0 Å². The van der Waals surface area contributed by atoms with Gasteiger partial charge in [0.05, 0.1) is 0 Å². The van der Waals surface area contributed by atoms with Crippen molar-refractivity contribution >= 4 is 22.9 Å². The van der Waals surface area contributed by atoms with E-state index in [2.05, 4.69) is 22.1 Å². The van der Waals surface area contributed by atoms with Gasteiger partial charge in [-0.1, -0.05) is 17.7 Å². The quantitative estimate of drug-likeness (QED) is 0.715. The fraction of sp³-hybridized carbons (Fsp3) is 0.250. The van der Waals surface area contributed by atoms with Gasteiger partial charge in [0, 0.05) is 18.6 Å². The minimum absolute atomic E-state index is 0.833. The zero-order chi connectivity index (χ0) is 7.94. The van der Waals surface area contributed by atoms with E-state index < -0.39 is 0 Å². The Hall–Kier alpha value is -0.310. The topological polar surface area (TPSA) is 12.0 Å². The van der Waals surface area contributed by atoms with Crippen LogP contribution in [0.3, 0.4) is 0 Å². The Morgan fingerprint density at radius 1 is 1.64 bits per heavy atom. The van der Waals surface area contributed by atoms with Crippen molar-refractivity contribution in [3.8, 4) is 0 Å². The summed E-state index contributed by atoms with van der Waals surface area (Å²) in [5, 5.41) is 7.44. The highest BCUT2D eigenvalue weighted by Gasteiger charge is 1.88. The van der Waals surface area contributed by atoms with Crippen LogP contribution in [0.15, 0.2) is 28.4 Å². The molecular formula is C8H10ClNS. The third-order valence-electron chi connectivity index (χ3n) is 1.26. The maximum atomic E-state index is 5.34. The van der Waals surface area contributed by atoms with Crippen LogP contribution in [-0.4, -0.2) is 6.54 Å². The number of halogens is 1. The van der Waals surface area contributed by atoms with Crippen LogP contribution in [0, 0.1) is 0 Å². The Balaban J connectivity index is 2.14. The maximum absolute atomic E-state index is 5.34. The highest BCUT2D eigenvalue weighted by atomic mass is 35.5. The van der Waals surface area contributed by atoms with Crippen LogP contribution < -0.4 is 5.32 Å². The Morgan fingerprint density at radius 3 is 3.18 bits per heavy atom. The third-order valence-corrected chi connectivity index (χ3v) is 2.17. The lowest BCUT2D eigenvalue weighted by Crippen LogP contribution is -2.11. The Bertz CT molecular complexity index is 206. The van der Waals surface area contributed by atoms with Crippen molar-refractivity contribution in [2.24, 2.45) is 0 Å². The molecule has 60 valence electrons. The fourth-order valence-electron chi connectivity index (χ4n) is 0.738. The first-order valence-corrected chi connectivity index (χ1v) is 4.78. The average Bonchev–Trinajstić information content (AvgIpc) is 2.50. The molecule has 0 aliphatic carbocycles. The van der Waals surface area contributed by atoms with Gasteiger partial charge < -0.3 is 5.32 Å². The van der Waals surface area contributed by atoms with Crippen molar-refractivity contribution in [1.29, 1.82) is 0 Å². The van der Waals surface area contributed by atoms with Gasteiger partial charge in [-0.25, -0.2) is 0 Å². The Morgan fingerprint density at radius 2 is 2.55 bits per heavy atom. The number of thiophene rings is 1. The van der Waals surface area contributed by atoms with Crippen molar-refractivity contribution in [3.05, 3.63) is 34.0 Å². The van der Waals surface area contributed by atoms with Crippen LogP contribution in [0.5, 0.6) is 0 Å². The second-order valence-corrected chi connectivity index (χ2v) is 3.16. The largest absolute Gasteiger partial charge is 0.309 e. The molecule has 1 aromatic rings. The number of hydrogen-bond donors (Lipinski definition) is 1. The summed E-state index contributed by atoms with van der Waals surface area (Å²) in [5.41, 5.74) is 2.86. The highest BCUT2D eigenvalue weighted by molar-refractivity contribution is 7.07. The molecule has 3 heteroatoms. The predicted molar refractivity (Wildman–Crippen MR) is 51.0 cm³/mol. The van der Waals surface area contributed by atoms with Gasteiger partial charge in [0.15, 0.2) is 0 Å². The molecule has 0 aliphatic heterocycles. The Kier molecular flexibility index (Phi) is 4.28. The summed E-state index contributed by atoms with van der Waals surface area (Å²) in [6.07, 6.45) is 1.88. The number of nitrogens with one attached hydrogen (secondary N) is 1. The molecule has 0 aliphatic rings. The van der Waals surface area contributed by atoms with E-state index in [0.717, 1.165) is 13.1 Å². The molecular weight excluding hydrogens is 178 g/mol. The molecule has 1 aromatic heterocycles. The van der Waals surface area contributed by atoms with E-state index >= 15 is 0 Å². The van der Waals surface area contributed by atoms with Crippen LogP contribution in [0.4, 0.5) is 0 Å². The molecule has 1 heterocycles. The number of hydrogen-bond acceptors (Lipinski definition) is 2. The zero-order valence-electron chi connectivity index (χ0n) is 6.09. The summed E-state index contributed by atoms with van der Waals surface area (Å²) in [4.78, 5) is 0. The minimum Gasteiger partial charge on any atom is -0.309 e. The molecule has 1 rings (SSSR count). The van der Waals surface area contributed by atoms with Crippen LogP contribution in [0.1, 0.15) is 5.56 Å². The lowest BCUT2D eigenvalue weighted by Gasteiger charge is -1.96. The molecule has 0 fully saturated rings. The minimum atomic E-state index is 0.833. The first-order chi connectivity index (χ1) is 5.43.